The third-order valence-corrected chi connectivity index (χ3v) is 4.42. The maximum Gasteiger partial charge on any atom is 0.433 e. The van der Waals surface area contributed by atoms with Crippen LogP contribution in [0.15, 0.2) is 42.7 Å². The van der Waals surface area contributed by atoms with Gasteiger partial charge in [-0.25, -0.2) is 4.98 Å². The van der Waals surface area contributed by atoms with E-state index in [0.29, 0.717) is 11.6 Å². The van der Waals surface area contributed by atoms with E-state index in [1.165, 1.54) is 25.3 Å². The van der Waals surface area contributed by atoms with Crippen LogP contribution in [0.25, 0.3) is 0 Å². The van der Waals surface area contributed by atoms with E-state index in [-0.39, 0.29) is 12.2 Å². The fraction of sp³-hybridized carbons (Fsp3) is 0.250. The van der Waals surface area contributed by atoms with Crippen LogP contribution in [0.1, 0.15) is 34.1 Å². The zero-order chi connectivity index (χ0) is 21.2. The number of amides is 1. The summed E-state index contributed by atoms with van der Waals surface area (Å²) in [5.74, 6) is 0.0320. The molecule has 0 fully saturated rings. The molecule has 2 aromatic heterocycles. The predicted octanol–water partition coefficient (Wildman–Crippen LogP) is 4.98. The van der Waals surface area contributed by atoms with Crippen LogP contribution < -0.4 is 10.1 Å². The van der Waals surface area contributed by atoms with Gasteiger partial charge in [0.05, 0.1) is 23.6 Å². The predicted molar refractivity (Wildman–Crippen MR) is 101 cm³/mol. The lowest BCUT2D eigenvalue weighted by Crippen LogP contribution is -2.21. The number of halogens is 3. The fourth-order valence-corrected chi connectivity index (χ4v) is 2.75. The van der Waals surface area contributed by atoms with E-state index in [4.69, 9.17) is 4.74 Å². The largest absolute Gasteiger partial charge is 0.439 e. The molecule has 0 saturated heterocycles. The highest BCUT2D eigenvalue weighted by Gasteiger charge is 2.39. The van der Waals surface area contributed by atoms with Gasteiger partial charge in [0, 0.05) is 12.6 Å². The van der Waals surface area contributed by atoms with Gasteiger partial charge >= 0.3 is 6.18 Å². The van der Waals surface area contributed by atoms with E-state index >= 15 is 0 Å². The highest BCUT2D eigenvalue weighted by molar-refractivity contribution is 6.05. The summed E-state index contributed by atoms with van der Waals surface area (Å²) in [4.78, 5) is 16.4. The number of rotatable bonds is 5. The lowest BCUT2D eigenvalue weighted by Gasteiger charge is -2.12. The number of aryl methyl sites for hydroxylation is 2. The number of nitrogens with zero attached hydrogens (tertiary/aromatic N) is 3. The van der Waals surface area contributed by atoms with E-state index in [1.54, 1.807) is 0 Å². The topological polar surface area (TPSA) is 69.0 Å². The summed E-state index contributed by atoms with van der Waals surface area (Å²) in [5.41, 5.74) is 0.648. The molecule has 1 aromatic carbocycles. The zero-order valence-electron chi connectivity index (χ0n) is 16.0. The van der Waals surface area contributed by atoms with Gasteiger partial charge in [-0.05, 0) is 44.0 Å². The Morgan fingerprint density at radius 2 is 1.93 bits per heavy atom. The number of benzene rings is 1. The number of anilines is 1. The number of aromatic nitrogens is 3. The first kappa shape index (κ1) is 20.4. The average Bonchev–Trinajstić information content (AvgIpc) is 3.12. The summed E-state index contributed by atoms with van der Waals surface area (Å²) in [5, 5.41) is 6.05. The molecule has 3 aromatic rings. The molecule has 0 spiro atoms. The first-order valence-electron chi connectivity index (χ1n) is 8.85. The molecule has 1 amide bonds. The summed E-state index contributed by atoms with van der Waals surface area (Å²) in [6, 6.07) is 8.66. The van der Waals surface area contributed by atoms with Gasteiger partial charge in [-0.3, -0.25) is 9.48 Å². The number of alkyl halides is 3. The van der Waals surface area contributed by atoms with Crippen LogP contribution in [-0.2, 0) is 12.7 Å². The number of nitrogens with one attached hydrogen (secondary N) is 1. The first-order chi connectivity index (χ1) is 13.7. The van der Waals surface area contributed by atoms with Gasteiger partial charge in [-0.2, -0.15) is 18.3 Å². The maximum atomic E-state index is 13.3. The number of pyridine rings is 1. The smallest absolute Gasteiger partial charge is 0.433 e. The molecule has 2 heterocycles. The number of hydrogen-bond donors (Lipinski definition) is 1. The standard InChI is InChI=1S/C20H19F3N4O2/c1-4-27-18(20(21,22)23)15(11-25-27)19(28)26-14-8-9-17(24-10-14)29-16-7-5-6-12(2)13(16)3/h5-11H,4H2,1-3H3,(H,26,28). The molecule has 0 saturated carbocycles. The van der Waals surface area contributed by atoms with E-state index in [1.807, 2.05) is 32.0 Å². The summed E-state index contributed by atoms with van der Waals surface area (Å²) < 4.78 is 46.3. The van der Waals surface area contributed by atoms with E-state index in [2.05, 4.69) is 15.4 Å². The van der Waals surface area contributed by atoms with Gasteiger partial charge in [0.15, 0.2) is 5.69 Å². The van der Waals surface area contributed by atoms with Crippen molar-refractivity contribution in [3.05, 3.63) is 65.1 Å². The summed E-state index contributed by atoms with van der Waals surface area (Å²) >= 11 is 0. The minimum absolute atomic E-state index is 0.00586. The van der Waals surface area contributed by atoms with Crippen LogP contribution in [0, 0.1) is 13.8 Å². The van der Waals surface area contributed by atoms with Crippen molar-refractivity contribution in [3.63, 3.8) is 0 Å². The van der Waals surface area contributed by atoms with E-state index in [9.17, 15) is 18.0 Å². The Kier molecular flexibility index (Phi) is 5.58. The average molecular weight is 404 g/mol. The molecule has 6 nitrogen and oxygen atoms in total. The lowest BCUT2D eigenvalue weighted by atomic mass is 10.1. The third kappa shape index (κ3) is 4.39. The quantitative estimate of drug-likeness (QED) is 0.651. The first-order valence-corrected chi connectivity index (χ1v) is 8.85. The van der Waals surface area contributed by atoms with Gasteiger partial charge in [-0.15, -0.1) is 0 Å². The Hall–Kier alpha value is -3.36. The Morgan fingerprint density at radius 3 is 2.55 bits per heavy atom. The van der Waals surface area contributed by atoms with Crippen molar-refractivity contribution in [1.82, 2.24) is 14.8 Å². The van der Waals surface area contributed by atoms with E-state index < -0.39 is 23.3 Å². The number of hydrogen-bond acceptors (Lipinski definition) is 4. The summed E-state index contributed by atoms with van der Waals surface area (Å²) in [7, 11) is 0. The van der Waals surface area contributed by atoms with Crippen LogP contribution in [0.3, 0.4) is 0 Å². The van der Waals surface area contributed by atoms with Crippen molar-refractivity contribution in [1.29, 1.82) is 0 Å². The second-order valence-corrected chi connectivity index (χ2v) is 6.36. The van der Waals surface area contributed by atoms with Gasteiger partial charge in [0.1, 0.15) is 5.75 Å². The molecule has 3 rings (SSSR count). The molecule has 0 atom stereocenters. The Labute approximate surface area is 165 Å². The lowest BCUT2D eigenvalue weighted by molar-refractivity contribution is -0.144. The van der Waals surface area contributed by atoms with Crippen molar-refractivity contribution in [2.45, 2.75) is 33.5 Å². The molecule has 29 heavy (non-hydrogen) atoms. The van der Waals surface area contributed by atoms with Crippen molar-refractivity contribution < 1.29 is 22.7 Å². The van der Waals surface area contributed by atoms with Crippen molar-refractivity contribution >= 4 is 11.6 Å². The minimum Gasteiger partial charge on any atom is -0.439 e. The van der Waals surface area contributed by atoms with Gasteiger partial charge in [-0.1, -0.05) is 12.1 Å². The second-order valence-electron chi connectivity index (χ2n) is 6.36. The SMILES string of the molecule is CCn1ncc(C(=O)Nc2ccc(Oc3cccc(C)c3C)nc2)c1C(F)(F)F. The van der Waals surface area contributed by atoms with Gasteiger partial charge < -0.3 is 10.1 Å². The van der Waals surface area contributed by atoms with Crippen LogP contribution in [0.5, 0.6) is 11.6 Å². The summed E-state index contributed by atoms with van der Waals surface area (Å²) in [6.07, 6.45) is -2.47. The third-order valence-electron chi connectivity index (χ3n) is 4.42. The Morgan fingerprint density at radius 1 is 1.17 bits per heavy atom. The highest BCUT2D eigenvalue weighted by atomic mass is 19.4. The number of carbonyl (C=O) groups excluding carboxylic acids is 1. The Balaban J connectivity index is 1.76. The maximum absolute atomic E-state index is 13.3. The Bertz CT molecular complexity index is 1030. The summed E-state index contributed by atoms with van der Waals surface area (Å²) in [6.45, 7) is 5.40. The molecule has 0 aliphatic rings. The van der Waals surface area contributed by atoms with Crippen LogP contribution in [-0.4, -0.2) is 20.7 Å². The molecule has 9 heteroatoms. The molecular weight excluding hydrogens is 385 g/mol. The van der Waals surface area contributed by atoms with Gasteiger partial charge in [0.25, 0.3) is 5.91 Å². The zero-order valence-corrected chi connectivity index (χ0v) is 16.0. The number of ether oxygens (including phenoxy) is 1. The normalized spacial score (nSPS) is 11.4. The molecule has 0 bridgehead atoms. The van der Waals surface area contributed by atoms with Crippen LogP contribution in [0.4, 0.5) is 18.9 Å². The highest BCUT2D eigenvalue weighted by Crippen LogP contribution is 2.32. The van der Waals surface area contributed by atoms with Crippen molar-refractivity contribution in [3.8, 4) is 11.6 Å². The fourth-order valence-electron chi connectivity index (χ4n) is 2.75. The van der Waals surface area contributed by atoms with E-state index in [0.717, 1.165) is 22.0 Å². The van der Waals surface area contributed by atoms with Crippen molar-refractivity contribution in [2.75, 3.05) is 5.32 Å². The molecular formula is C20H19F3N4O2. The molecule has 0 aliphatic heterocycles. The van der Waals surface area contributed by atoms with Crippen LogP contribution >= 0.6 is 0 Å². The number of carbonyl (C=O) groups is 1. The second kappa shape index (κ2) is 7.94. The van der Waals surface area contributed by atoms with Gasteiger partial charge in [0.2, 0.25) is 5.88 Å². The minimum atomic E-state index is -4.69. The molecule has 152 valence electrons. The molecule has 0 radical (unpaired) electrons. The molecule has 1 N–H and O–H groups in total. The van der Waals surface area contributed by atoms with Crippen LogP contribution in [0.2, 0.25) is 0 Å². The van der Waals surface area contributed by atoms with Crippen molar-refractivity contribution in [2.24, 2.45) is 0 Å². The monoisotopic (exact) mass is 404 g/mol. The molecule has 0 aliphatic carbocycles. The molecule has 0 unspecified atom stereocenters.